The predicted molar refractivity (Wildman–Crippen MR) is 77.0 cm³/mol. The fourth-order valence-electron chi connectivity index (χ4n) is 1.91. The number of unbranched alkanes of at least 4 members (excludes halogenated alkanes) is 2. The topological polar surface area (TPSA) is 0 Å². The molecule has 1 rings (SSSR count). The minimum atomic E-state index is 0. The molecule has 0 aliphatic carbocycles. The summed E-state index contributed by atoms with van der Waals surface area (Å²) in [6.07, 6.45) is 7.06. The third-order valence-corrected chi connectivity index (χ3v) is 3.01. The van der Waals surface area contributed by atoms with Crippen LogP contribution in [0.3, 0.4) is 0 Å². The molecule has 0 aliphatic rings. The first-order valence-corrected chi connectivity index (χ1v) is 6.53. The Kier molecular flexibility index (Phi) is 8.21. The lowest BCUT2D eigenvalue weighted by atomic mass is 10.1. The zero-order valence-corrected chi connectivity index (χ0v) is 13.5. The average molecular weight is 312 g/mol. The summed E-state index contributed by atoms with van der Waals surface area (Å²) < 4.78 is 1.08. The van der Waals surface area contributed by atoms with Crippen molar-refractivity contribution in [1.82, 2.24) is 0 Å². The first-order chi connectivity index (χ1) is 8.01. The molecule has 0 fully saturated rings. The Bertz CT molecular complexity index is 335. The van der Waals surface area contributed by atoms with Crippen molar-refractivity contribution < 1.29 is 21.5 Å². The van der Waals surface area contributed by atoms with Crippen molar-refractivity contribution in [2.45, 2.75) is 25.7 Å². The highest BCUT2D eigenvalue weighted by atomic mass is 79.9. The fraction of sp³-hybridized carbons (Fsp3) is 0.500. The Hall–Kier alpha value is -0.600. The monoisotopic (exact) mass is 311 g/mol. The van der Waals surface area contributed by atoms with Gasteiger partial charge in [-0.05, 0) is 36.8 Å². The van der Waals surface area contributed by atoms with E-state index >= 15 is 0 Å². The molecule has 0 aromatic heterocycles. The van der Waals surface area contributed by atoms with Crippen LogP contribution in [0.2, 0.25) is 0 Å². The molecule has 0 saturated heterocycles. The zero-order valence-electron chi connectivity index (χ0n) is 12.0. The molecule has 2 heteroatoms. The van der Waals surface area contributed by atoms with E-state index in [1.54, 1.807) is 0 Å². The molecule has 0 spiro atoms. The van der Waals surface area contributed by atoms with Gasteiger partial charge in [0.2, 0.25) is 0 Å². The quantitative estimate of drug-likeness (QED) is 0.515. The highest BCUT2D eigenvalue weighted by Gasteiger charge is 2.05. The van der Waals surface area contributed by atoms with Crippen molar-refractivity contribution >= 4 is 6.08 Å². The van der Waals surface area contributed by atoms with E-state index < -0.39 is 0 Å². The van der Waals surface area contributed by atoms with Gasteiger partial charge in [0.05, 0.1) is 27.7 Å². The van der Waals surface area contributed by atoms with Gasteiger partial charge in [-0.2, -0.15) is 0 Å². The normalized spacial score (nSPS) is 10.8. The van der Waals surface area contributed by atoms with E-state index in [0.717, 1.165) is 4.48 Å². The third kappa shape index (κ3) is 7.67. The van der Waals surface area contributed by atoms with Crippen LogP contribution in [-0.2, 0) is 6.42 Å². The summed E-state index contributed by atoms with van der Waals surface area (Å²) in [6, 6.07) is 8.73. The molecule has 0 aliphatic heterocycles. The second-order valence-corrected chi connectivity index (χ2v) is 5.77. The minimum absolute atomic E-state index is 0. The number of hydrogen-bond donors (Lipinski definition) is 0. The highest BCUT2D eigenvalue weighted by molar-refractivity contribution is 5.47. The largest absolute Gasteiger partial charge is 1.00 e. The Labute approximate surface area is 123 Å². The average Bonchev–Trinajstić information content (AvgIpc) is 2.28. The maximum absolute atomic E-state index is 3.77. The molecule has 18 heavy (non-hydrogen) atoms. The predicted octanol–water partition coefficient (Wildman–Crippen LogP) is 0.753. The van der Waals surface area contributed by atoms with E-state index in [9.17, 15) is 0 Å². The van der Waals surface area contributed by atoms with Crippen molar-refractivity contribution in [1.29, 1.82) is 0 Å². The molecule has 0 radical (unpaired) electrons. The SMILES string of the molecule is C=Cc1ccc(CCCCC[N+](C)(C)C)cc1.[Br-]. The Morgan fingerprint density at radius 1 is 1.00 bits per heavy atom. The molecule has 0 bridgehead atoms. The molecule has 1 aromatic carbocycles. The van der Waals surface area contributed by atoms with E-state index in [1.165, 1.54) is 43.4 Å². The lowest BCUT2D eigenvalue weighted by Gasteiger charge is -2.23. The number of aryl methyl sites for hydroxylation is 1. The highest BCUT2D eigenvalue weighted by Crippen LogP contribution is 2.10. The lowest BCUT2D eigenvalue weighted by Crippen LogP contribution is -3.00. The number of halogens is 1. The minimum Gasteiger partial charge on any atom is -1.00 e. The molecule has 0 amide bonds. The van der Waals surface area contributed by atoms with Gasteiger partial charge in [-0.15, -0.1) is 0 Å². The van der Waals surface area contributed by atoms with Crippen molar-refractivity contribution in [3.63, 3.8) is 0 Å². The standard InChI is InChI=1S/C16H26N.BrH/c1-5-15-10-12-16(13-11-15)9-7-6-8-14-17(2,3)4;/h5,10-13H,1,6-9,14H2,2-4H3;1H/q+1;/p-1. The van der Waals surface area contributed by atoms with Gasteiger partial charge in [-0.3, -0.25) is 0 Å². The van der Waals surface area contributed by atoms with Crippen LogP contribution in [-0.4, -0.2) is 32.2 Å². The van der Waals surface area contributed by atoms with Crippen LogP contribution in [0, 0.1) is 0 Å². The zero-order chi connectivity index (χ0) is 12.7. The second kappa shape index (κ2) is 8.49. The summed E-state index contributed by atoms with van der Waals surface area (Å²) in [4.78, 5) is 0. The first kappa shape index (κ1) is 17.4. The van der Waals surface area contributed by atoms with Crippen LogP contribution in [0.1, 0.15) is 30.4 Å². The summed E-state index contributed by atoms with van der Waals surface area (Å²) >= 11 is 0. The van der Waals surface area contributed by atoms with Crippen molar-refractivity contribution in [2.24, 2.45) is 0 Å². The summed E-state index contributed by atoms with van der Waals surface area (Å²) in [6.45, 7) is 5.04. The maximum Gasteiger partial charge on any atom is 0.0780 e. The van der Waals surface area contributed by atoms with Crippen LogP contribution in [0.4, 0.5) is 0 Å². The molecule has 0 N–H and O–H groups in total. The number of hydrogen-bond acceptors (Lipinski definition) is 0. The van der Waals surface area contributed by atoms with Gasteiger partial charge >= 0.3 is 0 Å². The van der Waals surface area contributed by atoms with Crippen LogP contribution >= 0.6 is 0 Å². The molecule has 1 aromatic rings. The van der Waals surface area contributed by atoms with E-state index in [-0.39, 0.29) is 17.0 Å². The van der Waals surface area contributed by atoms with Gasteiger partial charge in [0.25, 0.3) is 0 Å². The number of rotatable bonds is 7. The fourth-order valence-corrected chi connectivity index (χ4v) is 1.91. The van der Waals surface area contributed by atoms with Crippen LogP contribution in [0.15, 0.2) is 30.8 Å². The van der Waals surface area contributed by atoms with Crippen molar-refractivity contribution in [3.8, 4) is 0 Å². The molecule has 0 heterocycles. The van der Waals surface area contributed by atoms with E-state index in [1.807, 2.05) is 6.08 Å². The summed E-state index contributed by atoms with van der Waals surface area (Å²) in [7, 11) is 6.77. The van der Waals surface area contributed by atoms with E-state index in [4.69, 9.17) is 0 Å². The van der Waals surface area contributed by atoms with E-state index in [0.29, 0.717) is 0 Å². The lowest BCUT2D eigenvalue weighted by molar-refractivity contribution is -0.870. The number of benzene rings is 1. The van der Waals surface area contributed by atoms with Gasteiger partial charge in [-0.1, -0.05) is 36.9 Å². The van der Waals surface area contributed by atoms with Crippen LogP contribution in [0.5, 0.6) is 0 Å². The smallest absolute Gasteiger partial charge is 0.0780 e. The summed E-state index contributed by atoms with van der Waals surface area (Å²) in [5.41, 5.74) is 2.65. The Morgan fingerprint density at radius 2 is 1.61 bits per heavy atom. The Morgan fingerprint density at radius 3 is 2.11 bits per heavy atom. The molecular weight excluding hydrogens is 286 g/mol. The molecule has 1 nitrogen and oxygen atoms in total. The first-order valence-electron chi connectivity index (χ1n) is 6.53. The van der Waals surface area contributed by atoms with E-state index in [2.05, 4.69) is 52.0 Å². The van der Waals surface area contributed by atoms with Gasteiger partial charge in [0.15, 0.2) is 0 Å². The number of quaternary nitrogens is 1. The summed E-state index contributed by atoms with van der Waals surface area (Å²) in [5, 5.41) is 0. The Balaban J connectivity index is 0.00000289. The van der Waals surface area contributed by atoms with Crippen molar-refractivity contribution in [2.75, 3.05) is 27.7 Å². The second-order valence-electron chi connectivity index (χ2n) is 5.77. The molecular formula is C16H26BrN. The van der Waals surface area contributed by atoms with Crippen LogP contribution < -0.4 is 17.0 Å². The van der Waals surface area contributed by atoms with Gasteiger partial charge in [0, 0.05) is 0 Å². The number of nitrogens with zero attached hydrogens (tertiary/aromatic N) is 1. The molecule has 0 saturated carbocycles. The third-order valence-electron chi connectivity index (χ3n) is 3.01. The molecule has 102 valence electrons. The van der Waals surface area contributed by atoms with Gasteiger partial charge in [-0.25, -0.2) is 0 Å². The van der Waals surface area contributed by atoms with Gasteiger partial charge < -0.3 is 21.5 Å². The molecule has 0 unspecified atom stereocenters. The van der Waals surface area contributed by atoms with Gasteiger partial charge in [0.1, 0.15) is 0 Å². The summed E-state index contributed by atoms with van der Waals surface area (Å²) in [5.74, 6) is 0. The van der Waals surface area contributed by atoms with Crippen LogP contribution in [0.25, 0.3) is 6.08 Å². The molecule has 0 atom stereocenters. The maximum atomic E-state index is 3.77. The van der Waals surface area contributed by atoms with Crippen molar-refractivity contribution in [3.05, 3.63) is 42.0 Å².